The van der Waals surface area contributed by atoms with Crippen LogP contribution in [0.5, 0.6) is 0 Å². The SMILES string of the molecule is Cc1cc(CSC(Cc2ccccc2)C(=O)O)no1. The topological polar surface area (TPSA) is 63.3 Å². The molecule has 100 valence electrons. The second kappa shape index (κ2) is 6.43. The maximum absolute atomic E-state index is 11.3. The quantitative estimate of drug-likeness (QED) is 0.879. The maximum Gasteiger partial charge on any atom is 0.316 e. The lowest BCUT2D eigenvalue weighted by molar-refractivity contribution is -0.136. The van der Waals surface area contributed by atoms with Gasteiger partial charge in [0.2, 0.25) is 0 Å². The average Bonchev–Trinajstić information content (AvgIpc) is 2.81. The Labute approximate surface area is 115 Å². The van der Waals surface area contributed by atoms with Crippen molar-refractivity contribution in [2.45, 2.75) is 24.3 Å². The van der Waals surface area contributed by atoms with Gasteiger partial charge in [0.25, 0.3) is 0 Å². The fraction of sp³-hybridized carbons (Fsp3) is 0.286. The Morgan fingerprint density at radius 2 is 2.16 bits per heavy atom. The van der Waals surface area contributed by atoms with Crippen molar-refractivity contribution in [2.75, 3.05) is 0 Å². The van der Waals surface area contributed by atoms with Crippen molar-refractivity contribution in [1.29, 1.82) is 0 Å². The normalized spacial score (nSPS) is 12.3. The molecule has 0 aliphatic carbocycles. The molecule has 0 radical (unpaired) electrons. The summed E-state index contributed by atoms with van der Waals surface area (Å²) in [5.74, 6) is 0.487. The largest absolute Gasteiger partial charge is 0.480 e. The van der Waals surface area contributed by atoms with E-state index in [9.17, 15) is 9.90 Å². The number of hydrogen-bond acceptors (Lipinski definition) is 4. The van der Waals surface area contributed by atoms with E-state index >= 15 is 0 Å². The Bertz CT molecular complexity index is 539. The van der Waals surface area contributed by atoms with Crippen molar-refractivity contribution in [1.82, 2.24) is 5.16 Å². The number of rotatable bonds is 6. The van der Waals surface area contributed by atoms with Crippen molar-refractivity contribution in [3.8, 4) is 0 Å². The molecule has 4 nitrogen and oxygen atoms in total. The number of carboxylic acids is 1. The molecule has 1 unspecified atom stereocenters. The summed E-state index contributed by atoms with van der Waals surface area (Å²) in [4.78, 5) is 11.3. The van der Waals surface area contributed by atoms with E-state index in [0.29, 0.717) is 12.2 Å². The van der Waals surface area contributed by atoms with Crippen molar-refractivity contribution in [3.63, 3.8) is 0 Å². The molecule has 2 aromatic rings. The molecular weight excluding hydrogens is 262 g/mol. The minimum absolute atomic E-state index is 0.473. The van der Waals surface area contributed by atoms with E-state index in [1.807, 2.05) is 43.3 Å². The van der Waals surface area contributed by atoms with E-state index in [0.717, 1.165) is 17.0 Å². The van der Waals surface area contributed by atoms with Crippen LogP contribution in [0.25, 0.3) is 0 Å². The average molecular weight is 277 g/mol. The highest BCUT2D eigenvalue weighted by Crippen LogP contribution is 2.21. The Balaban J connectivity index is 1.95. The van der Waals surface area contributed by atoms with Crippen LogP contribution in [0.4, 0.5) is 0 Å². The summed E-state index contributed by atoms with van der Waals surface area (Å²) in [5, 5.41) is 12.6. The maximum atomic E-state index is 11.3. The third-order valence-corrected chi connectivity index (χ3v) is 3.88. The van der Waals surface area contributed by atoms with E-state index in [-0.39, 0.29) is 0 Å². The molecule has 1 atom stereocenters. The predicted octanol–water partition coefficient (Wildman–Crippen LogP) is 2.91. The van der Waals surface area contributed by atoms with Crippen LogP contribution < -0.4 is 0 Å². The van der Waals surface area contributed by atoms with Gasteiger partial charge in [-0.05, 0) is 18.9 Å². The fourth-order valence-corrected chi connectivity index (χ4v) is 2.68. The van der Waals surface area contributed by atoms with Crippen molar-refractivity contribution in [2.24, 2.45) is 0 Å². The lowest BCUT2D eigenvalue weighted by Crippen LogP contribution is -2.19. The van der Waals surface area contributed by atoms with Gasteiger partial charge in [0.15, 0.2) is 0 Å². The van der Waals surface area contributed by atoms with Gasteiger partial charge in [-0.3, -0.25) is 4.79 Å². The van der Waals surface area contributed by atoms with Crippen LogP contribution in [0.1, 0.15) is 17.0 Å². The second-order valence-electron chi connectivity index (χ2n) is 4.26. The van der Waals surface area contributed by atoms with E-state index < -0.39 is 11.2 Å². The van der Waals surface area contributed by atoms with E-state index in [2.05, 4.69) is 5.16 Å². The van der Waals surface area contributed by atoms with Gasteiger partial charge in [0.1, 0.15) is 11.0 Å². The Morgan fingerprint density at radius 1 is 1.42 bits per heavy atom. The highest BCUT2D eigenvalue weighted by Gasteiger charge is 2.19. The molecule has 0 amide bonds. The minimum Gasteiger partial charge on any atom is -0.480 e. The Kier molecular flexibility index (Phi) is 4.63. The summed E-state index contributed by atoms with van der Waals surface area (Å²) >= 11 is 1.37. The van der Waals surface area contributed by atoms with E-state index in [1.54, 1.807) is 0 Å². The zero-order valence-corrected chi connectivity index (χ0v) is 11.4. The number of benzene rings is 1. The van der Waals surface area contributed by atoms with Crippen LogP contribution in [0, 0.1) is 6.92 Å². The molecule has 2 rings (SSSR count). The molecule has 1 aromatic heterocycles. The van der Waals surface area contributed by atoms with Crippen LogP contribution in [0.15, 0.2) is 40.9 Å². The van der Waals surface area contributed by atoms with Gasteiger partial charge in [-0.15, -0.1) is 11.8 Å². The molecule has 19 heavy (non-hydrogen) atoms. The van der Waals surface area contributed by atoms with Gasteiger partial charge in [-0.1, -0.05) is 35.5 Å². The summed E-state index contributed by atoms with van der Waals surface area (Å²) in [6, 6.07) is 11.5. The second-order valence-corrected chi connectivity index (χ2v) is 5.45. The lowest BCUT2D eigenvalue weighted by atomic mass is 10.1. The van der Waals surface area contributed by atoms with Crippen LogP contribution in [-0.4, -0.2) is 21.5 Å². The first-order valence-corrected chi connectivity index (χ1v) is 7.00. The summed E-state index contributed by atoms with van der Waals surface area (Å²) in [5.41, 5.74) is 1.81. The Hall–Kier alpha value is -1.75. The summed E-state index contributed by atoms with van der Waals surface area (Å²) in [6.45, 7) is 1.82. The van der Waals surface area contributed by atoms with Crippen LogP contribution in [-0.2, 0) is 17.0 Å². The van der Waals surface area contributed by atoms with Gasteiger partial charge in [-0.2, -0.15) is 0 Å². The molecule has 1 aromatic carbocycles. The first-order valence-electron chi connectivity index (χ1n) is 5.95. The van der Waals surface area contributed by atoms with Gasteiger partial charge < -0.3 is 9.63 Å². The van der Waals surface area contributed by atoms with Crippen LogP contribution in [0.3, 0.4) is 0 Å². The number of thioether (sulfide) groups is 1. The number of aryl methyl sites for hydroxylation is 1. The van der Waals surface area contributed by atoms with Gasteiger partial charge in [-0.25, -0.2) is 0 Å². The molecule has 0 bridgehead atoms. The predicted molar refractivity (Wildman–Crippen MR) is 74.1 cm³/mol. The highest BCUT2D eigenvalue weighted by atomic mass is 32.2. The molecule has 1 N–H and O–H groups in total. The number of carboxylic acid groups (broad SMARTS) is 1. The number of carbonyl (C=O) groups is 1. The molecule has 0 spiro atoms. The van der Waals surface area contributed by atoms with Crippen molar-refractivity contribution >= 4 is 17.7 Å². The molecule has 0 fully saturated rings. The number of aliphatic carboxylic acids is 1. The molecular formula is C14H15NO3S. The lowest BCUT2D eigenvalue weighted by Gasteiger charge is -2.11. The fourth-order valence-electron chi connectivity index (χ4n) is 1.72. The van der Waals surface area contributed by atoms with Crippen LogP contribution in [0.2, 0.25) is 0 Å². The molecule has 0 aliphatic heterocycles. The zero-order chi connectivity index (χ0) is 13.7. The number of hydrogen-bond donors (Lipinski definition) is 1. The van der Waals surface area contributed by atoms with Gasteiger partial charge in [0, 0.05) is 11.8 Å². The third kappa shape index (κ3) is 4.13. The standard InChI is InChI=1S/C14H15NO3S/c1-10-7-12(15-18-10)9-19-13(14(16)17)8-11-5-3-2-4-6-11/h2-7,13H,8-9H2,1H3,(H,16,17). The minimum atomic E-state index is -0.797. The molecule has 5 heteroatoms. The molecule has 0 saturated carbocycles. The first kappa shape index (κ1) is 13.7. The zero-order valence-electron chi connectivity index (χ0n) is 10.6. The van der Waals surface area contributed by atoms with Gasteiger partial charge in [0.05, 0.1) is 5.69 Å². The monoisotopic (exact) mass is 277 g/mol. The van der Waals surface area contributed by atoms with Crippen molar-refractivity contribution < 1.29 is 14.4 Å². The summed E-state index contributed by atoms with van der Waals surface area (Å²) < 4.78 is 4.96. The number of aromatic nitrogens is 1. The first-order chi connectivity index (χ1) is 9.15. The molecule has 0 aliphatic rings. The summed E-state index contributed by atoms with van der Waals surface area (Å²) in [6.07, 6.45) is 0.512. The van der Waals surface area contributed by atoms with E-state index in [4.69, 9.17) is 4.52 Å². The number of nitrogens with zero attached hydrogens (tertiary/aromatic N) is 1. The Morgan fingerprint density at radius 3 is 2.74 bits per heavy atom. The highest BCUT2D eigenvalue weighted by molar-refractivity contribution is 7.99. The molecule has 1 heterocycles. The molecule has 0 saturated heterocycles. The third-order valence-electron chi connectivity index (χ3n) is 2.65. The van der Waals surface area contributed by atoms with Gasteiger partial charge >= 0.3 is 5.97 Å². The van der Waals surface area contributed by atoms with Crippen molar-refractivity contribution in [3.05, 3.63) is 53.4 Å². The van der Waals surface area contributed by atoms with E-state index in [1.165, 1.54) is 11.8 Å². The summed E-state index contributed by atoms with van der Waals surface area (Å²) in [7, 11) is 0. The van der Waals surface area contributed by atoms with Crippen LogP contribution >= 0.6 is 11.8 Å². The smallest absolute Gasteiger partial charge is 0.316 e.